The summed E-state index contributed by atoms with van der Waals surface area (Å²) in [6.45, 7) is 4.02. The molecule has 162 valence electrons. The van der Waals surface area contributed by atoms with Gasteiger partial charge in [0.25, 0.3) is 0 Å². The van der Waals surface area contributed by atoms with Gasteiger partial charge in [-0.05, 0) is 36.6 Å². The molecule has 1 unspecified atom stereocenters. The average Bonchev–Trinajstić information content (AvgIpc) is 3.10. The molecule has 0 saturated carbocycles. The molecule has 8 heteroatoms. The van der Waals surface area contributed by atoms with Crippen molar-refractivity contribution in [2.45, 2.75) is 12.8 Å². The fraction of sp³-hybridized carbons (Fsp3) is 0.409. The second-order valence-electron chi connectivity index (χ2n) is 7.37. The lowest BCUT2D eigenvalue weighted by Crippen LogP contribution is -2.25. The number of halogens is 1. The van der Waals surface area contributed by atoms with Gasteiger partial charge in [0, 0.05) is 49.6 Å². The third-order valence-electron chi connectivity index (χ3n) is 5.24. The number of benzene rings is 2. The first-order valence-corrected chi connectivity index (χ1v) is 10.1. The Labute approximate surface area is 194 Å². The van der Waals surface area contributed by atoms with Crippen molar-refractivity contribution < 1.29 is 14.2 Å². The van der Waals surface area contributed by atoms with Gasteiger partial charge in [0.1, 0.15) is 5.75 Å². The molecule has 2 heterocycles. The van der Waals surface area contributed by atoms with Crippen LogP contribution in [0.4, 0.5) is 11.4 Å². The number of ether oxygens (including phenoxy) is 3. The van der Waals surface area contributed by atoms with Gasteiger partial charge in [0.2, 0.25) is 0 Å². The van der Waals surface area contributed by atoms with Gasteiger partial charge in [-0.15, -0.1) is 24.0 Å². The smallest absolute Gasteiger partial charge is 0.193 e. The van der Waals surface area contributed by atoms with Crippen molar-refractivity contribution in [2.75, 3.05) is 50.2 Å². The van der Waals surface area contributed by atoms with Crippen LogP contribution in [0, 0.1) is 5.92 Å². The fourth-order valence-corrected chi connectivity index (χ4v) is 3.68. The molecule has 0 aliphatic carbocycles. The average molecular weight is 524 g/mol. The first kappa shape index (κ1) is 22.3. The highest BCUT2D eigenvalue weighted by atomic mass is 127. The third-order valence-corrected chi connectivity index (χ3v) is 5.24. The van der Waals surface area contributed by atoms with Crippen molar-refractivity contribution in [1.82, 2.24) is 0 Å². The molecule has 1 atom stereocenters. The van der Waals surface area contributed by atoms with Crippen LogP contribution in [0.5, 0.6) is 17.2 Å². The predicted octanol–water partition coefficient (Wildman–Crippen LogP) is 3.73. The molecule has 3 N–H and O–H groups in total. The number of fused-ring (bicyclic) bond motifs is 1. The summed E-state index contributed by atoms with van der Waals surface area (Å²) < 4.78 is 16.7. The summed E-state index contributed by atoms with van der Waals surface area (Å²) in [7, 11) is 1.69. The van der Waals surface area contributed by atoms with Crippen LogP contribution in [0.2, 0.25) is 0 Å². The number of nitrogens with one attached hydrogen (secondary N) is 1. The summed E-state index contributed by atoms with van der Waals surface area (Å²) in [6.07, 6.45) is 1.98. The molecule has 1 fully saturated rings. The van der Waals surface area contributed by atoms with Gasteiger partial charge in [-0.1, -0.05) is 6.07 Å². The molecular formula is C22H29IN4O3. The van der Waals surface area contributed by atoms with E-state index in [0.717, 1.165) is 48.9 Å². The molecule has 7 nitrogen and oxygen atoms in total. The first-order valence-electron chi connectivity index (χ1n) is 10.1. The van der Waals surface area contributed by atoms with Crippen LogP contribution < -0.4 is 30.2 Å². The number of anilines is 2. The molecule has 1 saturated heterocycles. The maximum atomic E-state index is 6.11. The minimum absolute atomic E-state index is 0. The normalized spacial score (nSPS) is 18.4. The Hall–Kier alpha value is -2.36. The number of hydrogen-bond donors (Lipinski definition) is 2. The van der Waals surface area contributed by atoms with Crippen LogP contribution in [0.3, 0.4) is 0 Å². The third kappa shape index (κ3) is 5.62. The Morgan fingerprint density at radius 3 is 2.87 bits per heavy atom. The highest BCUT2D eigenvalue weighted by Gasteiger charge is 2.22. The maximum Gasteiger partial charge on any atom is 0.193 e. The highest BCUT2D eigenvalue weighted by Crippen LogP contribution is 2.32. The molecule has 0 aromatic heterocycles. The molecular weight excluding hydrogens is 495 g/mol. The van der Waals surface area contributed by atoms with Crippen molar-refractivity contribution in [3.8, 4) is 17.2 Å². The second-order valence-corrected chi connectivity index (χ2v) is 7.37. The summed E-state index contributed by atoms with van der Waals surface area (Å²) in [6, 6.07) is 13.9. The van der Waals surface area contributed by atoms with Gasteiger partial charge >= 0.3 is 0 Å². The van der Waals surface area contributed by atoms with Crippen LogP contribution in [-0.2, 0) is 0 Å². The van der Waals surface area contributed by atoms with Crippen LogP contribution in [0.15, 0.2) is 47.5 Å². The summed E-state index contributed by atoms with van der Waals surface area (Å²) in [5.74, 6) is 3.29. The zero-order valence-corrected chi connectivity index (χ0v) is 19.5. The van der Waals surface area contributed by atoms with Crippen LogP contribution >= 0.6 is 24.0 Å². The molecule has 2 aromatic rings. The Kier molecular flexibility index (Phi) is 7.89. The van der Waals surface area contributed by atoms with Crippen molar-refractivity contribution in [1.29, 1.82) is 0 Å². The molecule has 2 aliphatic heterocycles. The zero-order valence-electron chi connectivity index (χ0n) is 17.2. The quantitative estimate of drug-likeness (QED) is 0.353. The van der Waals surface area contributed by atoms with E-state index in [-0.39, 0.29) is 24.0 Å². The largest absolute Gasteiger partial charge is 0.497 e. The van der Waals surface area contributed by atoms with Gasteiger partial charge in [-0.2, -0.15) is 0 Å². The van der Waals surface area contributed by atoms with Gasteiger partial charge < -0.3 is 30.2 Å². The van der Waals surface area contributed by atoms with E-state index in [4.69, 9.17) is 19.9 Å². The number of rotatable bonds is 5. The number of methoxy groups -OCH3 is 1. The van der Waals surface area contributed by atoms with Crippen molar-refractivity contribution in [2.24, 2.45) is 16.6 Å². The Bertz CT molecular complexity index is 877. The minimum Gasteiger partial charge on any atom is -0.497 e. The SMILES string of the molecule is COc1cccc(N2CCC(CN=C(N)Nc3ccc4c(c3)OCCCO4)C2)c1.I. The number of aliphatic imine (C=N–C) groups is 1. The first-order chi connectivity index (χ1) is 14.2. The summed E-state index contributed by atoms with van der Waals surface area (Å²) in [5, 5.41) is 3.16. The van der Waals surface area contributed by atoms with Gasteiger partial charge in [-0.25, -0.2) is 0 Å². The lowest BCUT2D eigenvalue weighted by molar-refractivity contribution is 0.297. The Morgan fingerprint density at radius 2 is 2.03 bits per heavy atom. The molecule has 0 spiro atoms. The van der Waals surface area contributed by atoms with E-state index in [1.165, 1.54) is 5.69 Å². The number of nitrogens with two attached hydrogens (primary N) is 1. The number of hydrogen-bond acceptors (Lipinski definition) is 5. The van der Waals surface area contributed by atoms with Gasteiger partial charge in [-0.3, -0.25) is 4.99 Å². The van der Waals surface area contributed by atoms with Crippen molar-refractivity contribution in [3.63, 3.8) is 0 Å². The van der Waals surface area contributed by atoms with Crippen LogP contribution in [-0.4, -0.2) is 45.9 Å². The molecule has 4 rings (SSSR count). The monoisotopic (exact) mass is 524 g/mol. The van der Waals surface area contributed by atoms with Gasteiger partial charge in [0.05, 0.1) is 20.3 Å². The molecule has 0 bridgehead atoms. The van der Waals surface area contributed by atoms with E-state index in [0.29, 0.717) is 31.6 Å². The lowest BCUT2D eigenvalue weighted by atomic mass is 10.1. The molecule has 0 radical (unpaired) electrons. The fourth-order valence-electron chi connectivity index (χ4n) is 3.68. The topological polar surface area (TPSA) is 81.3 Å². The summed E-state index contributed by atoms with van der Waals surface area (Å²) in [4.78, 5) is 6.92. The van der Waals surface area contributed by atoms with E-state index in [9.17, 15) is 0 Å². The lowest BCUT2D eigenvalue weighted by Gasteiger charge is -2.19. The summed E-state index contributed by atoms with van der Waals surface area (Å²) in [5.41, 5.74) is 8.15. The van der Waals surface area contributed by atoms with E-state index >= 15 is 0 Å². The molecule has 0 amide bonds. The highest BCUT2D eigenvalue weighted by molar-refractivity contribution is 14.0. The number of nitrogens with zero attached hydrogens (tertiary/aromatic N) is 2. The number of guanidine groups is 1. The molecule has 2 aliphatic rings. The second kappa shape index (κ2) is 10.6. The standard InChI is InChI=1S/C22H28N4O3.HI/c1-27-19-5-2-4-18(13-19)26-9-8-16(15-26)14-24-22(23)25-17-6-7-20-21(12-17)29-11-3-10-28-20;/h2,4-7,12-13,16H,3,8-11,14-15H2,1H3,(H3,23,24,25);1H. The van der Waals surface area contributed by atoms with E-state index in [1.807, 2.05) is 30.3 Å². The zero-order chi connectivity index (χ0) is 20.1. The van der Waals surface area contributed by atoms with Crippen molar-refractivity contribution in [3.05, 3.63) is 42.5 Å². The van der Waals surface area contributed by atoms with Crippen LogP contribution in [0.25, 0.3) is 0 Å². The Morgan fingerprint density at radius 1 is 1.20 bits per heavy atom. The molecule has 30 heavy (non-hydrogen) atoms. The van der Waals surface area contributed by atoms with Crippen molar-refractivity contribution >= 4 is 41.3 Å². The summed E-state index contributed by atoms with van der Waals surface area (Å²) >= 11 is 0. The van der Waals surface area contributed by atoms with E-state index in [1.54, 1.807) is 7.11 Å². The maximum absolute atomic E-state index is 6.11. The van der Waals surface area contributed by atoms with Gasteiger partial charge in [0.15, 0.2) is 17.5 Å². The minimum atomic E-state index is 0. The molecule has 2 aromatic carbocycles. The van der Waals surface area contributed by atoms with E-state index in [2.05, 4.69) is 27.3 Å². The van der Waals surface area contributed by atoms with Crippen LogP contribution in [0.1, 0.15) is 12.8 Å². The predicted molar refractivity (Wildman–Crippen MR) is 131 cm³/mol. The van der Waals surface area contributed by atoms with E-state index < -0.39 is 0 Å². The Balaban J connectivity index is 0.00000256.